The molecule has 0 aliphatic carbocycles. The summed E-state index contributed by atoms with van der Waals surface area (Å²) in [5.41, 5.74) is 1.21. The predicted octanol–water partition coefficient (Wildman–Crippen LogP) is 2.24. The number of nitrogens with zero attached hydrogens (tertiary/aromatic N) is 2. The molecule has 1 aromatic rings. The molecule has 2 atom stereocenters. The van der Waals surface area contributed by atoms with Crippen LogP contribution in [0.5, 0.6) is 0 Å². The molecule has 0 saturated carbocycles. The number of rotatable bonds is 4. The van der Waals surface area contributed by atoms with Crippen LogP contribution in [0.15, 0.2) is 24.3 Å². The van der Waals surface area contributed by atoms with Crippen LogP contribution in [0.2, 0.25) is 5.02 Å². The largest absolute Gasteiger partial charge is 0.309 e. The molecule has 106 valence electrons. The van der Waals surface area contributed by atoms with Crippen molar-refractivity contribution in [2.45, 2.75) is 19.0 Å². The Hall–Kier alpha value is -0.610. The minimum Gasteiger partial charge on any atom is -0.309 e. The second kappa shape index (κ2) is 6.71. The van der Waals surface area contributed by atoms with Crippen LogP contribution >= 0.6 is 11.6 Å². The van der Waals surface area contributed by atoms with Crippen molar-refractivity contribution in [3.63, 3.8) is 0 Å². The molecular formula is C15H24ClN3. The van der Waals surface area contributed by atoms with Gasteiger partial charge in [-0.2, -0.15) is 0 Å². The van der Waals surface area contributed by atoms with E-state index in [1.54, 1.807) is 0 Å². The summed E-state index contributed by atoms with van der Waals surface area (Å²) in [6.07, 6.45) is 0. The first-order valence-electron chi connectivity index (χ1n) is 7.00. The molecule has 3 nitrogen and oxygen atoms in total. The van der Waals surface area contributed by atoms with E-state index in [0.717, 1.165) is 31.2 Å². The van der Waals surface area contributed by atoms with E-state index in [1.165, 1.54) is 5.56 Å². The number of piperazine rings is 1. The molecule has 1 saturated heterocycles. The summed E-state index contributed by atoms with van der Waals surface area (Å²) in [4.78, 5) is 4.84. The summed E-state index contributed by atoms with van der Waals surface area (Å²) in [6, 6.07) is 8.92. The predicted molar refractivity (Wildman–Crippen MR) is 81.8 cm³/mol. The van der Waals surface area contributed by atoms with Crippen LogP contribution in [0, 0.1) is 0 Å². The van der Waals surface area contributed by atoms with E-state index in [9.17, 15) is 0 Å². The van der Waals surface area contributed by atoms with Crippen LogP contribution in [0.1, 0.15) is 18.5 Å². The Kier molecular flexibility index (Phi) is 5.22. The highest BCUT2D eigenvalue weighted by atomic mass is 35.5. The maximum absolute atomic E-state index is 6.39. The first-order chi connectivity index (χ1) is 9.13. The number of hydrogen-bond acceptors (Lipinski definition) is 3. The van der Waals surface area contributed by atoms with Gasteiger partial charge in [0.15, 0.2) is 0 Å². The highest BCUT2D eigenvalue weighted by Gasteiger charge is 2.31. The van der Waals surface area contributed by atoms with Crippen LogP contribution in [0.25, 0.3) is 0 Å². The molecule has 0 radical (unpaired) electrons. The average Bonchev–Trinajstić information content (AvgIpc) is 2.40. The first-order valence-corrected chi connectivity index (χ1v) is 7.38. The van der Waals surface area contributed by atoms with Gasteiger partial charge in [-0.3, -0.25) is 4.90 Å². The third-order valence-corrected chi connectivity index (χ3v) is 4.29. The summed E-state index contributed by atoms with van der Waals surface area (Å²) < 4.78 is 0. The van der Waals surface area contributed by atoms with Crippen molar-refractivity contribution in [3.8, 4) is 0 Å². The standard InChI is InChI=1S/C15H24ClN3/c1-4-17-15(12-7-5-6-8-13(12)16)14-11-18(2)9-10-19(14)3/h5-8,14-15,17H,4,9-11H2,1-3H3. The van der Waals surface area contributed by atoms with Crippen molar-refractivity contribution < 1.29 is 0 Å². The van der Waals surface area contributed by atoms with Gasteiger partial charge in [-0.25, -0.2) is 0 Å². The molecule has 0 spiro atoms. The number of nitrogens with one attached hydrogen (secondary N) is 1. The number of likely N-dealkylation sites (N-methyl/N-ethyl adjacent to an activating group) is 3. The van der Waals surface area contributed by atoms with Gasteiger partial charge in [0.1, 0.15) is 0 Å². The van der Waals surface area contributed by atoms with E-state index < -0.39 is 0 Å². The summed E-state index contributed by atoms with van der Waals surface area (Å²) in [5, 5.41) is 4.46. The molecule has 4 heteroatoms. The molecule has 1 heterocycles. The minimum absolute atomic E-state index is 0.284. The highest BCUT2D eigenvalue weighted by Crippen LogP contribution is 2.28. The first kappa shape index (κ1) is 14.8. The molecule has 0 amide bonds. The van der Waals surface area contributed by atoms with E-state index in [1.807, 2.05) is 12.1 Å². The fraction of sp³-hybridized carbons (Fsp3) is 0.600. The summed E-state index contributed by atoms with van der Waals surface area (Å²) in [6.45, 7) is 6.40. The van der Waals surface area contributed by atoms with E-state index in [2.05, 4.69) is 48.3 Å². The quantitative estimate of drug-likeness (QED) is 0.913. The lowest BCUT2D eigenvalue weighted by atomic mass is 9.96. The molecule has 1 aliphatic heterocycles. The third kappa shape index (κ3) is 3.48. The fourth-order valence-electron chi connectivity index (χ4n) is 2.80. The second-order valence-corrected chi connectivity index (χ2v) is 5.77. The maximum atomic E-state index is 6.39. The van der Waals surface area contributed by atoms with Gasteiger partial charge >= 0.3 is 0 Å². The molecule has 1 aliphatic rings. The monoisotopic (exact) mass is 281 g/mol. The number of hydrogen-bond donors (Lipinski definition) is 1. The number of benzene rings is 1. The van der Waals surface area contributed by atoms with Crippen molar-refractivity contribution in [1.82, 2.24) is 15.1 Å². The van der Waals surface area contributed by atoms with Crippen LogP contribution in [0.4, 0.5) is 0 Å². The van der Waals surface area contributed by atoms with Gasteiger partial charge in [-0.15, -0.1) is 0 Å². The molecule has 2 unspecified atom stereocenters. The van der Waals surface area contributed by atoms with Gasteiger partial charge in [0.05, 0.1) is 6.04 Å². The van der Waals surface area contributed by atoms with Crippen molar-refractivity contribution in [2.75, 3.05) is 40.3 Å². The van der Waals surface area contributed by atoms with Gasteiger partial charge in [0, 0.05) is 30.7 Å². The Balaban J connectivity index is 2.26. The van der Waals surface area contributed by atoms with E-state index in [4.69, 9.17) is 11.6 Å². The van der Waals surface area contributed by atoms with Gasteiger partial charge in [-0.1, -0.05) is 36.7 Å². The third-order valence-electron chi connectivity index (χ3n) is 3.95. The Morgan fingerprint density at radius 3 is 2.74 bits per heavy atom. The molecule has 1 fully saturated rings. The molecule has 0 bridgehead atoms. The molecular weight excluding hydrogens is 258 g/mol. The SMILES string of the molecule is CCNC(c1ccccc1Cl)C1CN(C)CCN1C. The van der Waals surface area contributed by atoms with Gasteiger partial charge in [0.2, 0.25) is 0 Å². The molecule has 19 heavy (non-hydrogen) atoms. The van der Waals surface area contributed by atoms with Crippen molar-refractivity contribution in [3.05, 3.63) is 34.9 Å². The van der Waals surface area contributed by atoms with Crippen molar-refractivity contribution in [1.29, 1.82) is 0 Å². The van der Waals surface area contributed by atoms with Crippen LogP contribution in [-0.2, 0) is 0 Å². The molecule has 1 N–H and O–H groups in total. The zero-order valence-corrected chi connectivity index (χ0v) is 12.8. The second-order valence-electron chi connectivity index (χ2n) is 5.37. The zero-order valence-electron chi connectivity index (χ0n) is 12.1. The highest BCUT2D eigenvalue weighted by molar-refractivity contribution is 6.31. The molecule has 2 rings (SSSR count). The van der Waals surface area contributed by atoms with Crippen molar-refractivity contribution >= 4 is 11.6 Å². The van der Waals surface area contributed by atoms with Crippen LogP contribution in [0.3, 0.4) is 0 Å². The smallest absolute Gasteiger partial charge is 0.0505 e. The Labute approximate surface area is 121 Å². The minimum atomic E-state index is 0.284. The molecule has 0 aromatic heterocycles. The normalized spacial score (nSPS) is 23.5. The Bertz CT molecular complexity index is 410. The van der Waals surface area contributed by atoms with E-state index >= 15 is 0 Å². The van der Waals surface area contributed by atoms with Gasteiger partial charge in [-0.05, 0) is 32.3 Å². The van der Waals surface area contributed by atoms with E-state index in [0.29, 0.717) is 6.04 Å². The number of halogens is 1. The lowest BCUT2D eigenvalue weighted by Crippen LogP contribution is -2.55. The van der Waals surface area contributed by atoms with Gasteiger partial charge < -0.3 is 10.2 Å². The topological polar surface area (TPSA) is 18.5 Å². The van der Waals surface area contributed by atoms with Crippen molar-refractivity contribution in [2.24, 2.45) is 0 Å². The zero-order chi connectivity index (χ0) is 13.8. The lowest BCUT2D eigenvalue weighted by Gasteiger charge is -2.42. The molecule has 1 aromatic carbocycles. The Morgan fingerprint density at radius 1 is 1.32 bits per heavy atom. The van der Waals surface area contributed by atoms with Crippen LogP contribution in [-0.4, -0.2) is 56.1 Å². The fourth-order valence-corrected chi connectivity index (χ4v) is 3.06. The Morgan fingerprint density at radius 2 is 2.05 bits per heavy atom. The summed E-state index contributed by atoms with van der Waals surface area (Å²) in [5.74, 6) is 0. The average molecular weight is 282 g/mol. The van der Waals surface area contributed by atoms with E-state index in [-0.39, 0.29) is 6.04 Å². The summed E-state index contributed by atoms with van der Waals surface area (Å²) >= 11 is 6.39. The van der Waals surface area contributed by atoms with Crippen LogP contribution < -0.4 is 5.32 Å². The summed E-state index contributed by atoms with van der Waals surface area (Å²) in [7, 11) is 4.40. The lowest BCUT2D eigenvalue weighted by molar-refractivity contribution is 0.0881. The van der Waals surface area contributed by atoms with Gasteiger partial charge in [0.25, 0.3) is 0 Å². The maximum Gasteiger partial charge on any atom is 0.0505 e.